The molecule has 6 N–H and O–H groups in total. The molecule has 8 fully saturated rings. The van der Waals surface area contributed by atoms with Crippen molar-refractivity contribution in [2.75, 3.05) is 59.3 Å². The van der Waals surface area contributed by atoms with Gasteiger partial charge in [-0.3, -0.25) is 19.3 Å². The number of carbonyl (C=O) groups excluding carboxylic acids is 2. The Bertz CT molecular complexity index is 3760. The van der Waals surface area contributed by atoms with Gasteiger partial charge in [-0.2, -0.15) is 0 Å². The number of hydrogen-bond acceptors (Lipinski definition) is 13. The summed E-state index contributed by atoms with van der Waals surface area (Å²) in [6, 6.07) is 73.5. The normalized spacial score (nSPS) is 25.7. The summed E-state index contributed by atoms with van der Waals surface area (Å²) in [5.74, 6) is 4.85. The van der Waals surface area contributed by atoms with E-state index >= 15 is 0 Å². The van der Waals surface area contributed by atoms with E-state index in [1.54, 1.807) is 0 Å². The number of benzene rings is 7. The Hall–Kier alpha value is -7.25. The number of aliphatic hydroxyl groups is 2. The van der Waals surface area contributed by atoms with Gasteiger partial charge < -0.3 is 55.0 Å². The molecule has 115 heavy (non-hydrogen) atoms. The molecule has 0 spiro atoms. The van der Waals surface area contributed by atoms with Gasteiger partial charge in [0.25, 0.3) is 0 Å². The van der Waals surface area contributed by atoms with Crippen LogP contribution in [-0.4, -0.2) is 120 Å². The van der Waals surface area contributed by atoms with Crippen molar-refractivity contribution >= 4 is 17.7 Å². The summed E-state index contributed by atoms with van der Waals surface area (Å²) in [7, 11) is 0. The van der Waals surface area contributed by atoms with Crippen molar-refractivity contribution in [3.8, 4) is 0 Å². The fourth-order valence-corrected chi connectivity index (χ4v) is 19.7. The zero-order chi connectivity index (χ0) is 79.9. The van der Waals surface area contributed by atoms with Crippen molar-refractivity contribution in [2.24, 2.45) is 53.1 Å². The molecule has 0 bridgehead atoms. The number of ether oxygens (including phenoxy) is 5. The molecule has 8 aliphatic rings. The monoisotopic (exact) mass is 1570 g/mol. The van der Waals surface area contributed by atoms with Gasteiger partial charge in [-0.05, 0) is 216 Å². The van der Waals surface area contributed by atoms with Gasteiger partial charge >= 0.3 is 5.97 Å². The van der Waals surface area contributed by atoms with Gasteiger partial charge in [0.15, 0.2) is 0 Å². The number of likely N-dealkylation sites (tertiary alicyclic amines) is 1. The van der Waals surface area contributed by atoms with Crippen LogP contribution in [0.5, 0.6) is 0 Å². The lowest BCUT2D eigenvalue weighted by molar-refractivity contribution is -0.150. The molecule has 0 aromatic heterocycles. The number of carboxylic acid groups (broad SMARTS) is 1. The van der Waals surface area contributed by atoms with Crippen molar-refractivity contribution < 1.29 is 53.4 Å². The van der Waals surface area contributed by atoms with Gasteiger partial charge in [-0.15, -0.1) is 0 Å². The van der Waals surface area contributed by atoms with Crippen LogP contribution in [0.3, 0.4) is 0 Å². The van der Waals surface area contributed by atoms with E-state index in [1.165, 1.54) is 143 Å². The number of hydrogen-bond donors (Lipinski definition) is 5. The van der Waals surface area contributed by atoms with E-state index in [4.69, 9.17) is 39.6 Å². The van der Waals surface area contributed by atoms with E-state index in [2.05, 4.69) is 167 Å². The number of rotatable bonds is 33. The zero-order valence-corrected chi connectivity index (χ0v) is 68.8. The molecular weight excluding hydrogens is 1430 g/mol. The second kappa shape index (κ2) is 49.2. The highest BCUT2D eigenvalue weighted by molar-refractivity contribution is 5.84. The van der Waals surface area contributed by atoms with E-state index in [9.17, 15) is 19.5 Å². The molecule has 1 amide bonds. The molecule has 622 valence electrons. The molecule has 15 heteroatoms. The lowest BCUT2D eigenvalue weighted by Crippen LogP contribution is -2.49. The third-order valence-corrected chi connectivity index (χ3v) is 26.4. The first kappa shape index (κ1) is 88.6. The Morgan fingerprint density at radius 1 is 0.478 bits per heavy atom. The van der Waals surface area contributed by atoms with Crippen molar-refractivity contribution in [1.29, 1.82) is 0 Å². The highest BCUT2D eigenvalue weighted by Crippen LogP contribution is 2.53. The Balaban J connectivity index is 0.000000146. The summed E-state index contributed by atoms with van der Waals surface area (Å²) < 4.78 is 29.9. The van der Waals surface area contributed by atoms with Crippen molar-refractivity contribution in [2.45, 2.75) is 242 Å². The lowest BCUT2D eigenvalue weighted by atomic mass is 9.75. The number of carboxylic acids is 1. The molecule has 4 saturated carbocycles. The summed E-state index contributed by atoms with van der Waals surface area (Å²) in [6.07, 6.45) is 31.2. The maximum Gasteiger partial charge on any atom is 0.303 e. The summed E-state index contributed by atoms with van der Waals surface area (Å²) in [5.41, 5.74) is 13.6. The molecule has 6 atom stereocenters. The second-order valence-corrected chi connectivity index (χ2v) is 34.0. The summed E-state index contributed by atoms with van der Waals surface area (Å²) in [6.45, 7) is 9.46. The first-order chi connectivity index (χ1) is 56.5. The van der Waals surface area contributed by atoms with E-state index in [-0.39, 0.29) is 67.5 Å². The number of Topliss-reactive ketones (excluding diaryl/α,β-unsaturated/α-hetero) is 1. The van der Waals surface area contributed by atoms with Crippen LogP contribution >= 0.6 is 0 Å². The number of nitrogens with two attached hydrogens (primary N) is 1. The first-order valence-corrected chi connectivity index (χ1v) is 44.3. The average Bonchev–Trinajstić information content (AvgIpc) is 1.57. The Kier molecular flexibility index (Phi) is 37.9. The van der Waals surface area contributed by atoms with E-state index in [0.29, 0.717) is 44.1 Å². The van der Waals surface area contributed by atoms with Crippen LogP contribution in [0, 0.1) is 47.3 Å². The van der Waals surface area contributed by atoms with Gasteiger partial charge in [0.1, 0.15) is 11.5 Å². The third-order valence-electron chi connectivity index (χ3n) is 26.4. The fraction of sp³-hybridized carbons (Fsp3) is 0.550. The van der Waals surface area contributed by atoms with Gasteiger partial charge in [0, 0.05) is 69.6 Å². The Morgan fingerprint density at radius 2 is 0.896 bits per heavy atom. The van der Waals surface area contributed by atoms with Crippen LogP contribution in [0.1, 0.15) is 237 Å². The highest BCUT2D eigenvalue weighted by Gasteiger charge is 2.59. The molecule has 4 heterocycles. The minimum Gasteiger partial charge on any atom is -0.481 e. The molecule has 7 aromatic rings. The maximum atomic E-state index is 12.9. The van der Waals surface area contributed by atoms with E-state index in [0.717, 1.165) is 145 Å². The number of carbonyl (C=O) groups is 3. The largest absolute Gasteiger partial charge is 0.481 e. The minimum atomic E-state index is -0.886. The molecule has 4 aliphatic heterocycles. The fourth-order valence-electron chi connectivity index (χ4n) is 19.7. The van der Waals surface area contributed by atoms with Crippen molar-refractivity contribution in [3.63, 3.8) is 0 Å². The van der Waals surface area contributed by atoms with E-state index < -0.39 is 5.97 Å². The minimum absolute atomic E-state index is 0.00398. The molecular formula is C100H136N4O11. The quantitative estimate of drug-likeness (QED) is 0.0243. The van der Waals surface area contributed by atoms with Gasteiger partial charge in [0.05, 0.1) is 70.8 Å². The topological polar surface area (TPSA) is 203 Å². The number of nitrogens with one attached hydrogen (secondary N) is 1. The third kappa shape index (κ3) is 28.5. The molecule has 0 unspecified atom stereocenters. The van der Waals surface area contributed by atoms with Crippen LogP contribution < -0.4 is 11.1 Å². The van der Waals surface area contributed by atoms with Crippen LogP contribution in [-0.2, 0) is 64.5 Å². The Morgan fingerprint density at radius 3 is 1.32 bits per heavy atom. The molecule has 4 aliphatic carbocycles. The summed E-state index contributed by atoms with van der Waals surface area (Å²) in [4.78, 5) is 40.1. The van der Waals surface area contributed by atoms with Crippen LogP contribution in [0.15, 0.2) is 212 Å². The second-order valence-electron chi connectivity index (χ2n) is 34.0. The zero-order valence-electron chi connectivity index (χ0n) is 68.8. The molecule has 15 nitrogen and oxygen atoms in total. The number of ketones is 1. The van der Waals surface area contributed by atoms with Gasteiger partial charge in [-0.1, -0.05) is 238 Å². The van der Waals surface area contributed by atoms with Crippen LogP contribution in [0.4, 0.5) is 0 Å². The number of aliphatic hydroxyl groups excluding tert-OH is 2. The van der Waals surface area contributed by atoms with Crippen LogP contribution in [0.2, 0.25) is 0 Å². The van der Waals surface area contributed by atoms with Gasteiger partial charge in [0.2, 0.25) is 5.91 Å². The molecule has 0 radical (unpaired) electrons. The van der Waals surface area contributed by atoms with Crippen molar-refractivity contribution in [3.05, 3.63) is 251 Å². The number of aliphatic carboxylic acids is 1. The standard InChI is InChI=1S/C27H33NO3.C27H37NO2.C19H29NO.C19H26O4.C8H11NO/c29-26-15-17-27(28(26)25(20-31-27)23-9-5-2-6-10-23)24-13-11-21(12-14-24)16-18-30-19-22-7-3-1-4-8-22;29-20-27(24-10-5-2-6-11-24)28-18-7-12-26(28)25-15-13-22(14-16-25)17-19-30-21-23-8-3-1-4-9-23;1-2-5-17(6-3-1)15-21-14-12-16-8-10-18(11-9-16)19-7-4-13-20-19;20-18(10-11-19(21)22)17-8-6-15(7-9-17)12-13-23-14-16-4-2-1-3-5-16;9-8(6-10)7-4-2-1-3-5-7/h1-10,21,24-25H,11-20H2;1-6,8-11,22,25-27,29H,7,12-21H2;1-3,5-6,16,18-20H,4,7-15H2;1-5,15,17H,6-14H2,(H,21,22);1-5,8,10H,6,9H2/t21?,24?,25-,27+;22?,25?,26-,27-;16?,18?,19-;;8-/m111.1/s1. The first-order valence-electron chi connectivity index (χ1n) is 44.3. The summed E-state index contributed by atoms with van der Waals surface area (Å²) >= 11 is 0. The average molecular weight is 1570 g/mol. The maximum absolute atomic E-state index is 12.9. The number of nitrogens with zero attached hydrogens (tertiary/aromatic N) is 2. The highest BCUT2D eigenvalue weighted by atomic mass is 16.5. The lowest BCUT2D eigenvalue weighted by Gasteiger charge is -2.43. The smallest absolute Gasteiger partial charge is 0.303 e. The molecule has 7 aromatic carbocycles. The Labute approximate surface area is 688 Å². The predicted octanol–water partition coefficient (Wildman–Crippen LogP) is 19.8. The van der Waals surface area contributed by atoms with Crippen LogP contribution in [0.25, 0.3) is 0 Å². The number of fused-ring (bicyclic) bond motifs is 1. The SMILES string of the molecule is N[C@H](CO)c1ccccc1.O=C(O)CCC(=O)C1CCC(CCOCc2ccccc2)CC1.O=C1CC[C@@]2(C3CCC(CCOCc4ccccc4)CC3)OC[C@H](c3ccccc3)N12.OC[C@H](c1ccccc1)N1CCC[C@@H]1C1CCC(CCOCc2ccccc2)CC1.c1ccc(COCCC2CCC([C@H]3CCCN3)CC2)cc1. The van der Waals surface area contributed by atoms with E-state index in [1.807, 2.05) is 60.7 Å². The predicted molar refractivity (Wildman–Crippen MR) is 458 cm³/mol. The van der Waals surface area contributed by atoms with Gasteiger partial charge in [-0.25, -0.2) is 0 Å². The molecule has 4 saturated heterocycles. The number of amides is 1. The molecule has 15 rings (SSSR count). The van der Waals surface area contributed by atoms with Crippen molar-refractivity contribution in [1.82, 2.24) is 15.1 Å². The summed E-state index contributed by atoms with van der Waals surface area (Å²) in [5, 5.41) is 31.1.